The van der Waals surface area contributed by atoms with Gasteiger partial charge in [-0.05, 0) is 60.0 Å². The summed E-state index contributed by atoms with van der Waals surface area (Å²) in [5.41, 5.74) is -2.69. The third kappa shape index (κ3) is 6.65. The van der Waals surface area contributed by atoms with Gasteiger partial charge < -0.3 is 15.0 Å². The predicted molar refractivity (Wildman–Crippen MR) is 120 cm³/mol. The second-order valence-electron chi connectivity index (χ2n) is 8.92. The molecule has 1 aliphatic rings. The van der Waals surface area contributed by atoms with Crippen LogP contribution >= 0.6 is 0 Å². The Kier molecular flexibility index (Phi) is 7.33. The highest BCUT2D eigenvalue weighted by Crippen LogP contribution is 2.43. The normalized spacial score (nSPS) is 17.9. The van der Waals surface area contributed by atoms with E-state index in [1.807, 2.05) is 6.92 Å². The van der Waals surface area contributed by atoms with E-state index in [1.165, 1.54) is 18.0 Å². The Morgan fingerprint density at radius 2 is 1.62 bits per heavy atom. The van der Waals surface area contributed by atoms with Gasteiger partial charge in [0.25, 0.3) is 5.95 Å². The van der Waals surface area contributed by atoms with E-state index in [1.54, 1.807) is 0 Å². The number of alkyl halides is 9. The SMILES string of the molecule is CCC1CC(N(Cc2cc(C(F)(F)F)cc(C(F)(F)F)c2)c2nnn(C)n2)c2cc(OC(F)(F)F)ccc2N1. The van der Waals surface area contributed by atoms with E-state index in [0.29, 0.717) is 24.2 Å². The fourth-order valence-corrected chi connectivity index (χ4v) is 4.40. The monoisotopic (exact) mass is 568 g/mol. The maximum atomic E-state index is 13.5. The molecule has 0 radical (unpaired) electrons. The van der Waals surface area contributed by atoms with Gasteiger partial charge in [0.15, 0.2) is 0 Å². The maximum absolute atomic E-state index is 13.5. The zero-order chi connectivity index (χ0) is 28.8. The van der Waals surface area contributed by atoms with E-state index < -0.39 is 48.2 Å². The van der Waals surface area contributed by atoms with Gasteiger partial charge in [0, 0.05) is 23.8 Å². The Labute approximate surface area is 215 Å². The lowest BCUT2D eigenvalue weighted by Crippen LogP contribution is -2.38. The second-order valence-corrected chi connectivity index (χ2v) is 8.92. The molecule has 0 spiro atoms. The number of aryl methyl sites for hydroxylation is 1. The lowest BCUT2D eigenvalue weighted by molar-refractivity contribution is -0.274. The van der Waals surface area contributed by atoms with Crippen molar-refractivity contribution in [2.75, 3.05) is 10.2 Å². The van der Waals surface area contributed by atoms with Gasteiger partial charge in [0.1, 0.15) is 5.75 Å². The Hall–Kier alpha value is -3.72. The average molecular weight is 568 g/mol. The molecule has 0 saturated heterocycles. The first-order valence-electron chi connectivity index (χ1n) is 11.5. The first-order valence-corrected chi connectivity index (χ1v) is 11.5. The first-order chi connectivity index (χ1) is 18.0. The molecule has 1 N–H and O–H groups in total. The van der Waals surface area contributed by atoms with Crippen molar-refractivity contribution in [3.63, 3.8) is 0 Å². The first kappa shape index (κ1) is 28.3. The summed E-state index contributed by atoms with van der Waals surface area (Å²) in [7, 11) is 1.40. The number of nitrogens with zero attached hydrogens (tertiary/aromatic N) is 5. The van der Waals surface area contributed by atoms with Crippen LogP contribution in [0, 0.1) is 0 Å². The Bertz CT molecular complexity index is 1290. The van der Waals surface area contributed by atoms with Crippen molar-refractivity contribution in [1.82, 2.24) is 20.2 Å². The molecule has 7 nitrogen and oxygen atoms in total. The topological polar surface area (TPSA) is 68.1 Å². The minimum atomic E-state index is -5.07. The summed E-state index contributed by atoms with van der Waals surface area (Å²) in [6.07, 6.45) is -14.4. The van der Waals surface area contributed by atoms with Crippen molar-refractivity contribution in [2.45, 2.75) is 57.1 Å². The van der Waals surface area contributed by atoms with Crippen LogP contribution in [0.1, 0.15) is 48.1 Å². The third-order valence-electron chi connectivity index (χ3n) is 6.11. The molecule has 212 valence electrons. The van der Waals surface area contributed by atoms with Gasteiger partial charge in [-0.1, -0.05) is 12.0 Å². The molecule has 4 rings (SSSR count). The number of hydrogen-bond acceptors (Lipinski definition) is 6. The summed E-state index contributed by atoms with van der Waals surface area (Å²) in [5, 5.41) is 14.9. The fourth-order valence-electron chi connectivity index (χ4n) is 4.40. The number of anilines is 2. The van der Waals surface area contributed by atoms with Crippen LogP contribution in [0.2, 0.25) is 0 Å². The lowest BCUT2D eigenvalue weighted by atomic mass is 9.90. The molecule has 2 unspecified atom stereocenters. The minimum Gasteiger partial charge on any atom is -0.406 e. The summed E-state index contributed by atoms with van der Waals surface area (Å²) >= 11 is 0. The summed E-state index contributed by atoms with van der Waals surface area (Å²) in [5.74, 6) is -0.688. The maximum Gasteiger partial charge on any atom is 0.573 e. The van der Waals surface area contributed by atoms with Crippen LogP contribution in [0.15, 0.2) is 36.4 Å². The molecule has 1 aromatic heterocycles. The van der Waals surface area contributed by atoms with Crippen molar-refractivity contribution in [2.24, 2.45) is 7.05 Å². The summed E-state index contributed by atoms with van der Waals surface area (Å²) < 4.78 is 124. The average Bonchev–Trinajstić information content (AvgIpc) is 3.25. The van der Waals surface area contributed by atoms with Crippen molar-refractivity contribution in [1.29, 1.82) is 0 Å². The second kappa shape index (κ2) is 10.1. The third-order valence-corrected chi connectivity index (χ3v) is 6.11. The van der Waals surface area contributed by atoms with Gasteiger partial charge in [-0.15, -0.1) is 18.3 Å². The van der Waals surface area contributed by atoms with Gasteiger partial charge in [-0.3, -0.25) is 0 Å². The smallest absolute Gasteiger partial charge is 0.406 e. The Morgan fingerprint density at radius 1 is 0.974 bits per heavy atom. The van der Waals surface area contributed by atoms with Gasteiger partial charge in [0.2, 0.25) is 0 Å². The zero-order valence-electron chi connectivity index (χ0n) is 20.3. The molecule has 39 heavy (non-hydrogen) atoms. The van der Waals surface area contributed by atoms with Crippen molar-refractivity contribution < 1.29 is 44.3 Å². The molecule has 0 saturated carbocycles. The Balaban J connectivity index is 1.84. The lowest BCUT2D eigenvalue weighted by Gasteiger charge is -2.39. The number of tetrazole rings is 1. The molecule has 2 aromatic carbocycles. The van der Waals surface area contributed by atoms with Gasteiger partial charge >= 0.3 is 18.7 Å². The van der Waals surface area contributed by atoms with Crippen molar-refractivity contribution >= 4 is 11.6 Å². The number of nitrogens with one attached hydrogen (secondary N) is 1. The highest BCUT2D eigenvalue weighted by Gasteiger charge is 2.39. The Morgan fingerprint density at radius 3 is 2.13 bits per heavy atom. The van der Waals surface area contributed by atoms with E-state index in [2.05, 4.69) is 25.5 Å². The van der Waals surface area contributed by atoms with Gasteiger partial charge in [-0.25, -0.2) is 0 Å². The van der Waals surface area contributed by atoms with Crippen LogP contribution in [-0.2, 0) is 25.9 Å². The molecule has 0 amide bonds. The number of rotatable bonds is 6. The van der Waals surface area contributed by atoms with E-state index in [-0.39, 0.29) is 35.6 Å². The molecular weight excluding hydrogens is 547 g/mol. The van der Waals surface area contributed by atoms with E-state index in [4.69, 9.17) is 0 Å². The van der Waals surface area contributed by atoms with Crippen LogP contribution in [0.25, 0.3) is 0 Å². The van der Waals surface area contributed by atoms with E-state index in [0.717, 1.165) is 16.9 Å². The molecule has 0 aliphatic carbocycles. The molecule has 2 heterocycles. The van der Waals surface area contributed by atoms with Crippen molar-refractivity contribution in [3.8, 4) is 5.75 Å². The van der Waals surface area contributed by atoms with Gasteiger partial charge in [0.05, 0.1) is 24.2 Å². The molecule has 0 fully saturated rings. The number of fused-ring (bicyclic) bond motifs is 1. The quantitative estimate of drug-likeness (QED) is 0.343. The highest BCUT2D eigenvalue weighted by atomic mass is 19.4. The van der Waals surface area contributed by atoms with Crippen LogP contribution in [0.4, 0.5) is 51.1 Å². The molecular formula is C23H21F9N6O. The fraction of sp³-hybridized carbons (Fsp3) is 0.435. The molecule has 3 aromatic rings. The standard InChI is InChI=1S/C23H21F9N6O/c1-3-15-9-19(17-10-16(39-23(30,31)32)4-5-18(17)33-15)38(20-34-36-37(2)35-20)11-12-6-13(21(24,25)26)8-14(7-12)22(27,28)29/h4-8,10,15,19,33H,3,9,11H2,1-2H3. The van der Waals surface area contributed by atoms with Crippen LogP contribution in [-0.4, -0.2) is 32.6 Å². The largest absolute Gasteiger partial charge is 0.573 e. The van der Waals surface area contributed by atoms with E-state index >= 15 is 0 Å². The van der Waals surface area contributed by atoms with E-state index in [9.17, 15) is 39.5 Å². The summed E-state index contributed by atoms with van der Waals surface area (Å²) in [6, 6.07) is 3.66. The number of halogens is 9. The molecule has 1 aliphatic heterocycles. The number of benzene rings is 2. The zero-order valence-corrected chi connectivity index (χ0v) is 20.3. The van der Waals surface area contributed by atoms with Gasteiger partial charge in [-0.2, -0.15) is 31.1 Å². The van der Waals surface area contributed by atoms with Crippen LogP contribution in [0.3, 0.4) is 0 Å². The highest BCUT2D eigenvalue weighted by molar-refractivity contribution is 5.60. The minimum absolute atomic E-state index is 0.0160. The summed E-state index contributed by atoms with van der Waals surface area (Å²) in [6.45, 7) is 1.30. The number of ether oxygens (including phenoxy) is 1. The molecule has 2 atom stereocenters. The van der Waals surface area contributed by atoms with Crippen LogP contribution in [0.5, 0.6) is 5.75 Å². The van der Waals surface area contributed by atoms with Crippen molar-refractivity contribution in [3.05, 3.63) is 58.7 Å². The number of aromatic nitrogens is 4. The molecule has 0 bridgehead atoms. The van der Waals surface area contributed by atoms with Crippen LogP contribution < -0.4 is 15.0 Å². The molecule has 16 heteroatoms. The number of hydrogen-bond donors (Lipinski definition) is 1. The summed E-state index contributed by atoms with van der Waals surface area (Å²) in [4.78, 5) is 2.36. The predicted octanol–water partition coefficient (Wildman–Crippen LogP) is 6.49.